The van der Waals surface area contributed by atoms with E-state index in [1.807, 2.05) is 7.05 Å². The topological polar surface area (TPSA) is 98.7 Å². The average Bonchev–Trinajstić information content (AvgIpc) is 2.25. The Balaban J connectivity index is 3.55. The fraction of sp³-hybridized carbons (Fsp3) is 0.818. The van der Waals surface area contributed by atoms with Crippen LogP contribution in [0.3, 0.4) is 0 Å². The Morgan fingerprint density at radius 2 is 1.65 bits per heavy atom. The van der Waals surface area contributed by atoms with Gasteiger partial charge in [0.25, 0.3) is 0 Å². The van der Waals surface area contributed by atoms with Crippen molar-refractivity contribution in [3.8, 4) is 0 Å². The summed E-state index contributed by atoms with van der Waals surface area (Å²) in [7, 11) is 1.91. The molecule has 1 atom stereocenters. The third-order valence-corrected chi connectivity index (χ3v) is 2.42. The molecule has 0 rings (SSSR count). The van der Waals surface area contributed by atoms with Crippen molar-refractivity contribution in [3.63, 3.8) is 0 Å². The third kappa shape index (κ3) is 9.77. The van der Waals surface area contributed by atoms with Gasteiger partial charge in [-0.05, 0) is 33.0 Å². The number of unbranched alkanes of at least 4 members (excludes halogenated alkanes) is 3. The van der Waals surface area contributed by atoms with Crippen LogP contribution in [0.2, 0.25) is 0 Å². The van der Waals surface area contributed by atoms with Crippen molar-refractivity contribution < 1.29 is 19.8 Å². The molecule has 6 heteroatoms. The van der Waals surface area contributed by atoms with E-state index in [9.17, 15) is 9.59 Å². The van der Waals surface area contributed by atoms with E-state index < -0.39 is 18.0 Å². The average molecular weight is 246 g/mol. The molecule has 0 aliphatic carbocycles. The normalized spacial score (nSPS) is 12.3. The van der Waals surface area contributed by atoms with Gasteiger partial charge in [0, 0.05) is 0 Å². The van der Waals surface area contributed by atoms with Crippen LogP contribution in [0.5, 0.6) is 0 Å². The quantitative estimate of drug-likeness (QED) is 0.391. The second kappa shape index (κ2) is 10.0. The minimum atomic E-state index is -1.11. The fourth-order valence-corrected chi connectivity index (χ4v) is 1.48. The van der Waals surface area contributed by atoms with Crippen LogP contribution in [0, 0.1) is 0 Å². The Bertz CT molecular complexity index is 234. The molecule has 17 heavy (non-hydrogen) atoms. The highest BCUT2D eigenvalue weighted by atomic mass is 16.4. The Hall–Kier alpha value is -1.14. The van der Waals surface area contributed by atoms with Crippen molar-refractivity contribution in [2.75, 3.05) is 20.1 Å². The number of hydrogen-bond donors (Lipinski definition) is 4. The molecule has 0 fully saturated rings. The molecule has 0 saturated carbocycles. The van der Waals surface area contributed by atoms with Crippen LogP contribution in [0.4, 0.5) is 0 Å². The summed E-state index contributed by atoms with van der Waals surface area (Å²) in [4.78, 5) is 21.1. The van der Waals surface area contributed by atoms with Crippen LogP contribution in [0.25, 0.3) is 0 Å². The van der Waals surface area contributed by atoms with Crippen molar-refractivity contribution >= 4 is 11.9 Å². The lowest BCUT2D eigenvalue weighted by Gasteiger charge is -2.11. The van der Waals surface area contributed by atoms with Crippen molar-refractivity contribution in [1.82, 2.24) is 10.6 Å². The molecule has 0 radical (unpaired) electrons. The van der Waals surface area contributed by atoms with E-state index in [0.29, 0.717) is 6.54 Å². The first-order valence-electron chi connectivity index (χ1n) is 5.90. The molecule has 0 aliphatic heterocycles. The summed E-state index contributed by atoms with van der Waals surface area (Å²) in [5.41, 5.74) is 0. The summed E-state index contributed by atoms with van der Waals surface area (Å²) in [6.07, 6.45) is 3.71. The van der Waals surface area contributed by atoms with Crippen LogP contribution in [0.1, 0.15) is 32.1 Å². The number of hydrogen-bond acceptors (Lipinski definition) is 4. The van der Waals surface area contributed by atoms with Gasteiger partial charge in [-0.1, -0.05) is 12.8 Å². The van der Waals surface area contributed by atoms with Gasteiger partial charge in [0.2, 0.25) is 0 Å². The number of aliphatic carboxylic acids is 2. The predicted molar refractivity (Wildman–Crippen MR) is 64.1 cm³/mol. The van der Waals surface area contributed by atoms with Gasteiger partial charge in [0.05, 0.1) is 6.42 Å². The van der Waals surface area contributed by atoms with Gasteiger partial charge in [0.1, 0.15) is 6.04 Å². The van der Waals surface area contributed by atoms with Gasteiger partial charge in [-0.25, -0.2) is 0 Å². The van der Waals surface area contributed by atoms with Gasteiger partial charge in [-0.2, -0.15) is 0 Å². The molecular formula is C11H22N2O4. The fourth-order valence-electron chi connectivity index (χ4n) is 1.48. The van der Waals surface area contributed by atoms with Crippen LogP contribution >= 0.6 is 0 Å². The second-order valence-electron chi connectivity index (χ2n) is 3.96. The molecule has 0 spiro atoms. The van der Waals surface area contributed by atoms with E-state index in [0.717, 1.165) is 32.2 Å². The summed E-state index contributed by atoms with van der Waals surface area (Å²) < 4.78 is 0. The maximum atomic E-state index is 10.7. The Labute approximate surface area is 101 Å². The highest BCUT2D eigenvalue weighted by Crippen LogP contribution is 1.99. The number of carboxylic acids is 2. The zero-order valence-corrected chi connectivity index (χ0v) is 10.2. The van der Waals surface area contributed by atoms with Crippen molar-refractivity contribution in [2.45, 2.75) is 38.1 Å². The van der Waals surface area contributed by atoms with Crippen molar-refractivity contribution in [2.24, 2.45) is 0 Å². The molecule has 4 N–H and O–H groups in total. The van der Waals surface area contributed by atoms with Gasteiger partial charge < -0.3 is 20.8 Å². The van der Waals surface area contributed by atoms with Crippen molar-refractivity contribution in [1.29, 1.82) is 0 Å². The first kappa shape index (κ1) is 15.9. The first-order chi connectivity index (χ1) is 8.07. The van der Waals surface area contributed by atoms with E-state index in [2.05, 4.69) is 10.6 Å². The number of carbonyl (C=O) groups is 2. The summed E-state index contributed by atoms with van der Waals surface area (Å²) in [6, 6.07) is -0.982. The third-order valence-electron chi connectivity index (χ3n) is 2.42. The minimum Gasteiger partial charge on any atom is -0.481 e. The van der Waals surface area contributed by atoms with E-state index in [1.54, 1.807) is 0 Å². The zero-order chi connectivity index (χ0) is 13.1. The van der Waals surface area contributed by atoms with Gasteiger partial charge in [-0.15, -0.1) is 0 Å². The van der Waals surface area contributed by atoms with Crippen LogP contribution < -0.4 is 10.6 Å². The van der Waals surface area contributed by atoms with Gasteiger partial charge in [0.15, 0.2) is 0 Å². The molecule has 0 saturated heterocycles. The molecule has 1 unspecified atom stereocenters. The first-order valence-corrected chi connectivity index (χ1v) is 5.90. The molecule has 6 nitrogen and oxygen atoms in total. The lowest BCUT2D eigenvalue weighted by Crippen LogP contribution is -2.39. The monoisotopic (exact) mass is 246 g/mol. The highest BCUT2D eigenvalue weighted by molar-refractivity contribution is 5.80. The highest BCUT2D eigenvalue weighted by Gasteiger charge is 2.19. The van der Waals surface area contributed by atoms with E-state index in [1.165, 1.54) is 0 Å². The summed E-state index contributed by atoms with van der Waals surface area (Å²) >= 11 is 0. The summed E-state index contributed by atoms with van der Waals surface area (Å²) in [5, 5.41) is 23.1. The van der Waals surface area contributed by atoms with Crippen molar-refractivity contribution in [3.05, 3.63) is 0 Å². The minimum absolute atomic E-state index is 0.380. The number of rotatable bonds is 11. The van der Waals surface area contributed by atoms with Crippen LogP contribution in [-0.4, -0.2) is 48.3 Å². The van der Waals surface area contributed by atoms with E-state index >= 15 is 0 Å². The Kier molecular flexibility index (Phi) is 9.37. The second-order valence-corrected chi connectivity index (χ2v) is 3.96. The molecule has 0 amide bonds. The summed E-state index contributed by atoms with van der Waals surface area (Å²) in [6.45, 7) is 1.54. The smallest absolute Gasteiger partial charge is 0.321 e. The molecule has 0 heterocycles. The van der Waals surface area contributed by atoms with Gasteiger partial charge in [-0.3, -0.25) is 9.59 Å². The maximum absolute atomic E-state index is 10.7. The molecule has 0 aromatic rings. The van der Waals surface area contributed by atoms with Gasteiger partial charge >= 0.3 is 11.9 Å². The molecular weight excluding hydrogens is 224 g/mol. The standard InChI is InChI=1S/C11H22N2O4/c1-12-6-4-2-3-5-7-13-9(11(16)17)8-10(14)15/h9,12-13H,2-8H2,1H3,(H,14,15)(H,16,17). The van der Waals surface area contributed by atoms with Crippen LogP contribution in [0.15, 0.2) is 0 Å². The Morgan fingerprint density at radius 3 is 2.12 bits per heavy atom. The largest absolute Gasteiger partial charge is 0.481 e. The van der Waals surface area contributed by atoms with E-state index in [4.69, 9.17) is 10.2 Å². The van der Waals surface area contributed by atoms with E-state index in [-0.39, 0.29) is 6.42 Å². The zero-order valence-electron chi connectivity index (χ0n) is 10.2. The molecule has 0 aromatic carbocycles. The lowest BCUT2D eigenvalue weighted by molar-refractivity contribution is -0.145. The van der Waals surface area contributed by atoms with Crippen LogP contribution in [-0.2, 0) is 9.59 Å². The predicted octanol–water partition coefficient (Wildman–Crippen LogP) is 0.284. The molecule has 0 bridgehead atoms. The molecule has 100 valence electrons. The SMILES string of the molecule is CNCCCCCCNC(CC(=O)O)C(=O)O. The molecule has 0 aliphatic rings. The summed E-state index contributed by atoms with van der Waals surface area (Å²) in [5.74, 6) is -2.21. The number of nitrogens with one attached hydrogen (secondary N) is 2. The maximum Gasteiger partial charge on any atom is 0.321 e. The molecule has 0 aromatic heterocycles. The number of carboxylic acid groups (broad SMARTS) is 2. The Morgan fingerprint density at radius 1 is 1.06 bits per heavy atom. The lowest BCUT2D eigenvalue weighted by atomic mass is 10.1.